The molecule has 2 aromatic carbocycles. The van der Waals surface area contributed by atoms with Gasteiger partial charge in [-0.05, 0) is 54.0 Å². The molecule has 0 spiro atoms. The van der Waals surface area contributed by atoms with Crippen molar-refractivity contribution in [2.75, 3.05) is 7.11 Å². The lowest BCUT2D eigenvalue weighted by atomic mass is 10.0. The number of amides is 1. The second-order valence-corrected chi connectivity index (χ2v) is 6.99. The van der Waals surface area contributed by atoms with Gasteiger partial charge in [0.25, 0.3) is 5.91 Å². The summed E-state index contributed by atoms with van der Waals surface area (Å²) in [5, 5.41) is 14.1. The van der Waals surface area contributed by atoms with Gasteiger partial charge in [-0.3, -0.25) is 9.69 Å². The molecule has 0 aromatic heterocycles. The van der Waals surface area contributed by atoms with Crippen LogP contribution in [-0.4, -0.2) is 28.1 Å². The Hall–Kier alpha value is -2.83. The van der Waals surface area contributed by atoms with Crippen LogP contribution in [0.25, 0.3) is 6.08 Å². The molecule has 3 rings (SSSR count). The number of halogens is 1. The van der Waals surface area contributed by atoms with Gasteiger partial charge in [0.2, 0.25) is 0 Å². The molecule has 7 heteroatoms. The number of nitrogens with one attached hydrogen (secondary N) is 1. The molecule has 0 saturated carbocycles. The highest BCUT2D eigenvalue weighted by molar-refractivity contribution is 7.80. The van der Waals surface area contributed by atoms with E-state index in [0.717, 1.165) is 5.56 Å². The smallest absolute Gasteiger partial charge is 0.276 e. The zero-order valence-electron chi connectivity index (χ0n) is 15.2. The highest BCUT2D eigenvalue weighted by Crippen LogP contribution is 2.33. The van der Waals surface area contributed by atoms with Crippen molar-refractivity contribution in [3.8, 4) is 11.5 Å². The number of phenolic OH excluding ortho intramolecular Hbond substituents is 1. The van der Waals surface area contributed by atoms with Crippen LogP contribution in [0, 0.1) is 0 Å². The summed E-state index contributed by atoms with van der Waals surface area (Å²) in [4.78, 5) is 14.3. The lowest BCUT2D eigenvalue weighted by Crippen LogP contribution is -2.30. The van der Waals surface area contributed by atoms with E-state index in [1.807, 2.05) is 18.2 Å². The van der Waals surface area contributed by atoms with Crippen LogP contribution >= 0.6 is 23.8 Å². The monoisotopic (exact) mass is 414 g/mol. The molecule has 28 heavy (non-hydrogen) atoms. The topological polar surface area (TPSA) is 61.8 Å². The van der Waals surface area contributed by atoms with Crippen LogP contribution in [0.1, 0.15) is 16.7 Å². The molecule has 1 heterocycles. The molecule has 0 atom stereocenters. The van der Waals surface area contributed by atoms with Crippen molar-refractivity contribution < 1.29 is 14.6 Å². The number of carbonyl (C=O) groups excluding carboxylic acids is 1. The Morgan fingerprint density at radius 2 is 2.07 bits per heavy atom. The average Bonchev–Trinajstić information content (AvgIpc) is 2.93. The molecule has 1 fully saturated rings. The fourth-order valence-corrected chi connectivity index (χ4v) is 3.37. The van der Waals surface area contributed by atoms with Crippen molar-refractivity contribution in [2.45, 2.75) is 13.0 Å². The van der Waals surface area contributed by atoms with Crippen LogP contribution in [0.3, 0.4) is 0 Å². The molecular formula is C21H19ClN2O3S. The first-order chi connectivity index (χ1) is 13.4. The van der Waals surface area contributed by atoms with Crippen LogP contribution in [-0.2, 0) is 17.8 Å². The Kier molecular flexibility index (Phi) is 6.02. The largest absolute Gasteiger partial charge is 0.504 e. The third kappa shape index (κ3) is 4.03. The van der Waals surface area contributed by atoms with Crippen molar-refractivity contribution in [3.05, 3.63) is 76.5 Å². The van der Waals surface area contributed by atoms with Gasteiger partial charge in [-0.1, -0.05) is 35.9 Å². The van der Waals surface area contributed by atoms with Crippen LogP contribution < -0.4 is 10.1 Å². The molecule has 0 radical (unpaired) electrons. The maximum atomic E-state index is 12.8. The van der Waals surface area contributed by atoms with Gasteiger partial charge in [0.15, 0.2) is 16.6 Å². The highest BCUT2D eigenvalue weighted by atomic mass is 35.5. The van der Waals surface area contributed by atoms with E-state index in [1.54, 1.807) is 30.4 Å². The lowest BCUT2D eigenvalue weighted by molar-refractivity contribution is -0.122. The summed E-state index contributed by atoms with van der Waals surface area (Å²) in [5.41, 5.74) is 2.50. The summed E-state index contributed by atoms with van der Waals surface area (Å²) in [6.07, 6.45) is 3.83. The number of hydrogen-bond acceptors (Lipinski definition) is 4. The maximum Gasteiger partial charge on any atom is 0.276 e. The zero-order chi connectivity index (χ0) is 20.3. The lowest BCUT2D eigenvalue weighted by Gasteiger charge is -2.14. The third-order valence-corrected chi connectivity index (χ3v) is 5.01. The number of hydrogen-bond donors (Lipinski definition) is 2. The Labute approximate surface area is 173 Å². The van der Waals surface area contributed by atoms with Crippen LogP contribution in [0.5, 0.6) is 11.5 Å². The Morgan fingerprint density at radius 3 is 2.75 bits per heavy atom. The molecule has 2 aromatic rings. The van der Waals surface area contributed by atoms with Gasteiger partial charge in [-0.25, -0.2) is 0 Å². The highest BCUT2D eigenvalue weighted by Gasteiger charge is 2.31. The summed E-state index contributed by atoms with van der Waals surface area (Å²) in [5.74, 6) is 0.139. The Morgan fingerprint density at radius 1 is 1.32 bits per heavy atom. The van der Waals surface area contributed by atoms with E-state index in [2.05, 4.69) is 11.9 Å². The second kappa shape index (κ2) is 8.46. The minimum Gasteiger partial charge on any atom is -0.504 e. The van der Waals surface area contributed by atoms with E-state index >= 15 is 0 Å². The zero-order valence-corrected chi connectivity index (χ0v) is 16.8. The summed E-state index contributed by atoms with van der Waals surface area (Å²) < 4.78 is 5.23. The van der Waals surface area contributed by atoms with Crippen molar-refractivity contribution in [1.82, 2.24) is 10.2 Å². The summed E-state index contributed by atoms with van der Waals surface area (Å²) in [6.45, 7) is 3.98. The summed E-state index contributed by atoms with van der Waals surface area (Å²) in [6, 6.07) is 10.8. The quantitative estimate of drug-likeness (QED) is 0.424. The number of allylic oxidation sites excluding steroid dienone is 1. The Balaban J connectivity index is 1.90. The molecular weight excluding hydrogens is 396 g/mol. The van der Waals surface area contributed by atoms with Crippen LogP contribution in [0.15, 0.2) is 54.8 Å². The molecule has 144 valence electrons. The van der Waals surface area contributed by atoms with Gasteiger partial charge in [0.1, 0.15) is 5.70 Å². The normalized spacial score (nSPS) is 15.1. The van der Waals surface area contributed by atoms with Crippen LogP contribution in [0.4, 0.5) is 0 Å². The fraction of sp³-hybridized carbons (Fsp3) is 0.143. The minimum atomic E-state index is -0.248. The van der Waals surface area contributed by atoms with E-state index in [4.69, 9.17) is 28.6 Å². The van der Waals surface area contributed by atoms with Gasteiger partial charge in [-0.2, -0.15) is 0 Å². The number of aromatic hydroxyl groups is 1. The molecule has 1 aliphatic rings. The van der Waals surface area contributed by atoms with Crippen molar-refractivity contribution in [2.24, 2.45) is 0 Å². The van der Waals surface area contributed by atoms with E-state index in [0.29, 0.717) is 39.1 Å². The molecule has 0 unspecified atom stereocenters. The fourth-order valence-electron chi connectivity index (χ4n) is 2.92. The first-order valence-corrected chi connectivity index (χ1v) is 9.32. The third-order valence-electron chi connectivity index (χ3n) is 4.32. The number of phenols is 1. The number of ether oxygens (including phenoxy) is 1. The molecule has 2 N–H and O–H groups in total. The van der Waals surface area contributed by atoms with Gasteiger partial charge in [0.05, 0.1) is 13.7 Å². The molecule has 1 aliphatic heterocycles. The second-order valence-electron chi connectivity index (χ2n) is 6.19. The number of benzene rings is 2. The number of rotatable bonds is 6. The van der Waals surface area contributed by atoms with Crippen molar-refractivity contribution in [1.29, 1.82) is 0 Å². The standard InChI is InChI=1S/C21H19ClN2O3S/c1-3-6-14-9-13(11-18(27-2)19(14)25)10-17-20(26)24(21(28)23-17)12-15-7-4-5-8-16(15)22/h3-5,7-11,25H,1,6,12H2,2H3,(H,23,28)/b17-10-. The predicted octanol–water partition coefficient (Wildman–Crippen LogP) is 4.04. The van der Waals surface area contributed by atoms with Gasteiger partial charge < -0.3 is 15.2 Å². The summed E-state index contributed by atoms with van der Waals surface area (Å²) in [7, 11) is 1.48. The number of nitrogens with zero attached hydrogens (tertiary/aromatic N) is 1. The predicted molar refractivity (Wildman–Crippen MR) is 114 cm³/mol. The maximum absolute atomic E-state index is 12.8. The van der Waals surface area contributed by atoms with Crippen molar-refractivity contribution >= 4 is 40.9 Å². The average molecular weight is 415 g/mol. The van der Waals surface area contributed by atoms with E-state index in [1.165, 1.54) is 12.0 Å². The summed E-state index contributed by atoms with van der Waals surface area (Å²) >= 11 is 11.5. The number of carbonyl (C=O) groups is 1. The molecule has 1 amide bonds. The van der Waals surface area contributed by atoms with Gasteiger partial charge in [-0.15, -0.1) is 6.58 Å². The number of thiocarbonyl (C=S) groups is 1. The first-order valence-electron chi connectivity index (χ1n) is 8.53. The SMILES string of the molecule is C=CCc1cc(/C=C2\NC(=S)N(Cc3ccccc3Cl)C2=O)cc(OC)c1O. The van der Waals surface area contributed by atoms with Gasteiger partial charge >= 0.3 is 0 Å². The van der Waals surface area contributed by atoms with E-state index in [-0.39, 0.29) is 18.2 Å². The Bertz CT molecular complexity index is 988. The first kappa shape index (κ1) is 19.9. The van der Waals surface area contributed by atoms with E-state index < -0.39 is 0 Å². The molecule has 0 aliphatic carbocycles. The van der Waals surface area contributed by atoms with Crippen LogP contribution in [0.2, 0.25) is 5.02 Å². The minimum absolute atomic E-state index is 0.0612. The molecule has 5 nitrogen and oxygen atoms in total. The van der Waals surface area contributed by atoms with Gasteiger partial charge in [0, 0.05) is 10.6 Å². The molecule has 0 bridgehead atoms. The molecule has 1 saturated heterocycles. The number of methoxy groups -OCH3 is 1. The van der Waals surface area contributed by atoms with E-state index in [9.17, 15) is 9.90 Å². The van der Waals surface area contributed by atoms with Crippen molar-refractivity contribution in [3.63, 3.8) is 0 Å².